The summed E-state index contributed by atoms with van der Waals surface area (Å²) in [5.74, 6) is 0.642. The molecule has 0 amide bonds. The molecule has 0 bridgehead atoms. The Labute approximate surface area is 120 Å². The fourth-order valence-electron chi connectivity index (χ4n) is 2.26. The lowest BCUT2D eigenvalue weighted by Gasteiger charge is -2.03. The summed E-state index contributed by atoms with van der Waals surface area (Å²) in [6, 6.07) is 13.7. The zero-order valence-corrected chi connectivity index (χ0v) is 11.1. The summed E-state index contributed by atoms with van der Waals surface area (Å²) >= 11 is 0. The van der Waals surface area contributed by atoms with Crippen LogP contribution in [0.1, 0.15) is 0 Å². The van der Waals surface area contributed by atoms with Crippen molar-refractivity contribution < 1.29 is 0 Å². The molecule has 5 heteroatoms. The van der Waals surface area contributed by atoms with Gasteiger partial charge in [0.05, 0.1) is 28.7 Å². The van der Waals surface area contributed by atoms with Crippen molar-refractivity contribution in [3.63, 3.8) is 0 Å². The van der Waals surface area contributed by atoms with Gasteiger partial charge in [-0.3, -0.25) is 10.1 Å². The summed E-state index contributed by atoms with van der Waals surface area (Å²) < 4.78 is 0. The Balaban J connectivity index is 1.88. The van der Waals surface area contributed by atoms with E-state index in [1.807, 2.05) is 48.7 Å². The van der Waals surface area contributed by atoms with E-state index in [9.17, 15) is 0 Å². The number of fused-ring (bicyclic) bond motifs is 1. The molecular weight excluding hydrogens is 262 g/mol. The molecule has 0 aliphatic rings. The van der Waals surface area contributed by atoms with Crippen LogP contribution in [-0.4, -0.2) is 25.1 Å². The molecule has 0 spiro atoms. The molecule has 0 aliphatic carbocycles. The van der Waals surface area contributed by atoms with Gasteiger partial charge >= 0.3 is 0 Å². The summed E-state index contributed by atoms with van der Waals surface area (Å²) in [7, 11) is 0. The Hall–Kier alpha value is -3.08. The van der Waals surface area contributed by atoms with Crippen LogP contribution < -0.4 is 0 Å². The minimum atomic E-state index is 0.642. The quantitative estimate of drug-likeness (QED) is 0.609. The molecule has 0 unspecified atom stereocenters. The van der Waals surface area contributed by atoms with Gasteiger partial charge in [-0.25, -0.2) is 9.97 Å². The van der Waals surface area contributed by atoms with E-state index in [4.69, 9.17) is 0 Å². The van der Waals surface area contributed by atoms with E-state index in [1.54, 1.807) is 12.4 Å². The Morgan fingerprint density at radius 1 is 0.857 bits per heavy atom. The van der Waals surface area contributed by atoms with Gasteiger partial charge in [0.25, 0.3) is 0 Å². The van der Waals surface area contributed by atoms with Crippen LogP contribution in [0.3, 0.4) is 0 Å². The van der Waals surface area contributed by atoms with Crippen LogP contribution in [0.25, 0.3) is 33.7 Å². The maximum Gasteiger partial charge on any atom is 0.163 e. The topological polar surface area (TPSA) is 67.3 Å². The van der Waals surface area contributed by atoms with Gasteiger partial charge in [-0.1, -0.05) is 24.3 Å². The van der Waals surface area contributed by atoms with Crippen LogP contribution in [0, 0.1) is 0 Å². The first-order valence-corrected chi connectivity index (χ1v) is 6.59. The molecule has 4 rings (SSSR count). The molecule has 1 aromatic carbocycles. The lowest BCUT2D eigenvalue weighted by molar-refractivity contribution is 1.09. The summed E-state index contributed by atoms with van der Waals surface area (Å²) in [6.45, 7) is 0. The second kappa shape index (κ2) is 4.79. The Morgan fingerprint density at radius 2 is 1.76 bits per heavy atom. The molecule has 0 atom stereocenters. The van der Waals surface area contributed by atoms with Crippen LogP contribution in [0.4, 0.5) is 0 Å². The van der Waals surface area contributed by atoms with E-state index in [0.717, 1.165) is 27.9 Å². The Kier molecular flexibility index (Phi) is 2.67. The van der Waals surface area contributed by atoms with Crippen LogP contribution >= 0.6 is 0 Å². The lowest BCUT2D eigenvalue weighted by Crippen LogP contribution is -1.91. The molecule has 5 nitrogen and oxygen atoms in total. The molecule has 0 saturated heterocycles. The van der Waals surface area contributed by atoms with Crippen molar-refractivity contribution in [3.05, 3.63) is 61.1 Å². The molecule has 0 aliphatic heterocycles. The first kappa shape index (κ1) is 11.7. The van der Waals surface area contributed by atoms with Gasteiger partial charge in [0.2, 0.25) is 0 Å². The zero-order chi connectivity index (χ0) is 14.1. The van der Waals surface area contributed by atoms with Gasteiger partial charge < -0.3 is 0 Å². The number of nitrogens with one attached hydrogen (secondary N) is 1. The third-order valence-corrected chi connectivity index (χ3v) is 3.29. The first-order valence-electron chi connectivity index (χ1n) is 6.59. The minimum absolute atomic E-state index is 0.642. The van der Waals surface area contributed by atoms with Crippen molar-refractivity contribution >= 4 is 10.9 Å². The van der Waals surface area contributed by atoms with Crippen molar-refractivity contribution in [1.82, 2.24) is 25.1 Å². The molecule has 21 heavy (non-hydrogen) atoms. The minimum Gasteiger partial charge on any atom is -0.275 e. The van der Waals surface area contributed by atoms with Crippen LogP contribution in [-0.2, 0) is 0 Å². The van der Waals surface area contributed by atoms with Crippen LogP contribution in [0.5, 0.6) is 0 Å². The molecule has 3 aromatic heterocycles. The second-order valence-electron chi connectivity index (χ2n) is 4.63. The fourth-order valence-corrected chi connectivity index (χ4v) is 2.26. The lowest BCUT2D eigenvalue weighted by atomic mass is 10.1. The summed E-state index contributed by atoms with van der Waals surface area (Å²) in [5, 5.41) is 8.10. The highest BCUT2D eigenvalue weighted by atomic mass is 15.1. The van der Waals surface area contributed by atoms with E-state index in [-0.39, 0.29) is 0 Å². The van der Waals surface area contributed by atoms with E-state index >= 15 is 0 Å². The Morgan fingerprint density at radius 3 is 2.67 bits per heavy atom. The third-order valence-electron chi connectivity index (χ3n) is 3.29. The molecular formula is C16H11N5. The van der Waals surface area contributed by atoms with E-state index in [0.29, 0.717) is 5.82 Å². The van der Waals surface area contributed by atoms with Gasteiger partial charge in [-0.2, -0.15) is 5.10 Å². The average molecular weight is 273 g/mol. The monoisotopic (exact) mass is 273 g/mol. The molecule has 0 radical (unpaired) electrons. The normalized spacial score (nSPS) is 10.9. The highest BCUT2D eigenvalue weighted by Gasteiger charge is 2.13. The summed E-state index contributed by atoms with van der Waals surface area (Å²) in [6.07, 6.45) is 5.31. The SMILES string of the molecule is c1ccc(-c2[nH]ncc2-c2ncc3ccccc3n2)nc1. The number of para-hydroxylation sites is 1. The standard InChI is InChI=1S/C16H11N5/c1-2-6-13-11(5-1)9-18-16(20-13)12-10-19-21-15(12)14-7-3-4-8-17-14/h1-10H,(H,19,21). The van der Waals surface area contributed by atoms with Crippen molar-refractivity contribution in [2.45, 2.75) is 0 Å². The Bertz CT molecular complexity index is 899. The molecule has 1 N–H and O–H groups in total. The number of aromatic amines is 1. The van der Waals surface area contributed by atoms with Gasteiger partial charge in [0.1, 0.15) is 0 Å². The predicted molar refractivity (Wildman–Crippen MR) is 80.4 cm³/mol. The molecule has 0 saturated carbocycles. The third kappa shape index (κ3) is 2.04. The molecule has 3 heterocycles. The summed E-state index contributed by atoms with van der Waals surface area (Å²) in [5.41, 5.74) is 3.41. The smallest absolute Gasteiger partial charge is 0.163 e. The van der Waals surface area contributed by atoms with Gasteiger partial charge in [-0.05, 0) is 18.2 Å². The predicted octanol–water partition coefficient (Wildman–Crippen LogP) is 3.08. The van der Waals surface area contributed by atoms with Crippen LogP contribution in [0.15, 0.2) is 61.1 Å². The highest BCUT2D eigenvalue weighted by molar-refractivity contribution is 5.82. The number of hydrogen-bond acceptors (Lipinski definition) is 4. The van der Waals surface area contributed by atoms with E-state index < -0.39 is 0 Å². The van der Waals surface area contributed by atoms with Gasteiger partial charge in [0.15, 0.2) is 5.82 Å². The largest absolute Gasteiger partial charge is 0.275 e. The number of nitrogens with zero attached hydrogens (tertiary/aromatic N) is 4. The maximum atomic E-state index is 4.60. The van der Waals surface area contributed by atoms with Gasteiger partial charge in [0, 0.05) is 17.8 Å². The van der Waals surface area contributed by atoms with Crippen molar-refractivity contribution in [2.75, 3.05) is 0 Å². The van der Waals surface area contributed by atoms with Crippen molar-refractivity contribution in [1.29, 1.82) is 0 Å². The number of aromatic nitrogens is 5. The number of benzene rings is 1. The zero-order valence-electron chi connectivity index (χ0n) is 11.1. The number of rotatable bonds is 2. The maximum absolute atomic E-state index is 4.60. The number of hydrogen-bond donors (Lipinski definition) is 1. The molecule has 100 valence electrons. The number of pyridine rings is 1. The second-order valence-corrected chi connectivity index (χ2v) is 4.63. The fraction of sp³-hybridized carbons (Fsp3) is 0. The van der Waals surface area contributed by atoms with Crippen molar-refractivity contribution in [2.24, 2.45) is 0 Å². The molecule has 0 fully saturated rings. The van der Waals surface area contributed by atoms with Gasteiger partial charge in [-0.15, -0.1) is 0 Å². The van der Waals surface area contributed by atoms with E-state index in [2.05, 4.69) is 25.1 Å². The van der Waals surface area contributed by atoms with E-state index in [1.165, 1.54) is 0 Å². The number of H-pyrrole nitrogens is 1. The summed E-state index contributed by atoms with van der Waals surface area (Å²) in [4.78, 5) is 13.4. The molecule has 4 aromatic rings. The first-order chi connectivity index (χ1) is 10.4. The van der Waals surface area contributed by atoms with Crippen LogP contribution in [0.2, 0.25) is 0 Å². The average Bonchev–Trinajstić information content (AvgIpc) is 3.05. The highest BCUT2D eigenvalue weighted by Crippen LogP contribution is 2.27. The van der Waals surface area contributed by atoms with Crippen molar-refractivity contribution in [3.8, 4) is 22.8 Å².